The summed E-state index contributed by atoms with van der Waals surface area (Å²) in [6, 6.07) is 21.7. The van der Waals surface area contributed by atoms with Gasteiger partial charge in [0.15, 0.2) is 11.5 Å². The molecule has 4 rings (SSSR count). The third kappa shape index (κ3) is 4.18. The number of amides is 1. The molecule has 0 spiro atoms. The minimum atomic E-state index is -0.336. The summed E-state index contributed by atoms with van der Waals surface area (Å²) in [5, 5.41) is 4.56. The summed E-state index contributed by atoms with van der Waals surface area (Å²) in [6.07, 6.45) is 1.63. The summed E-state index contributed by atoms with van der Waals surface area (Å²) in [6.45, 7) is 0.250. The van der Waals surface area contributed by atoms with Gasteiger partial charge in [-0.15, -0.1) is 0 Å². The summed E-state index contributed by atoms with van der Waals surface area (Å²) in [4.78, 5) is 19.2. The van der Waals surface area contributed by atoms with Crippen molar-refractivity contribution in [3.05, 3.63) is 95.3 Å². The lowest BCUT2D eigenvalue weighted by Gasteiger charge is -2.21. The van der Waals surface area contributed by atoms with Crippen molar-refractivity contribution in [2.45, 2.75) is 6.54 Å². The Labute approximate surface area is 178 Å². The van der Waals surface area contributed by atoms with E-state index in [1.165, 1.54) is 4.90 Å². The topological polar surface area (TPSA) is 68.5 Å². The molecule has 0 saturated heterocycles. The van der Waals surface area contributed by atoms with Crippen molar-refractivity contribution >= 4 is 23.3 Å². The maximum atomic E-state index is 13.3. The number of hydrogen-bond donors (Lipinski definition) is 0. The molecule has 0 saturated carbocycles. The summed E-state index contributed by atoms with van der Waals surface area (Å²) in [5.74, 6) is 1.38. The lowest BCUT2D eigenvalue weighted by molar-refractivity contribution is 0.0975. The Hall–Kier alpha value is -3.64. The van der Waals surface area contributed by atoms with Crippen LogP contribution in [0.15, 0.2) is 83.5 Å². The summed E-state index contributed by atoms with van der Waals surface area (Å²) in [7, 11) is 1.60. The summed E-state index contributed by atoms with van der Waals surface area (Å²) < 4.78 is 10.6. The molecular weight excluding hydrogens is 402 g/mol. The number of halogens is 1. The normalized spacial score (nSPS) is 10.6. The molecule has 4 aromatic rings. The highest BCUT2D eigenvalue weighted by Gasteiger charge is 2.24. The van der Waals surface area contributed by atoms with Crippen LogP contribution in [0.4, 0.5) is 5.82 Å². The van der Waals surface area contributed by atoms with Crippen molar-refractivity contribution in [2.24, 2.45) is 0 Å². The van der Waals surface area contributed by atoms with Crippen LogP contribution in [-0.4, -0.2) is 23.2 Å². The fraction of sp³-hybridized carbons (Fsp3) is 0.0870. The number of methoxy groups -OCH3 is 1. The van der Waals surface area contributed by atoms with Gasteiger partial charge in [0.25, 0.3) is 5.91 Å². The van der Waals surface area contributed by atoms with Gasteiger partial charge in [0, 0.05) is 22.8 Å². The highest BCUT2D eigenvalue weighted by atomic mass is 35.5. The minimum Gasteiger partial charge on any atom is -0.497 e. The largest absolute Gasteiger partial charge is 0.497 e. The predicted molar refractivity (Wildman–Crippen MR) is 115 cm³/mol. The van der Waals surface area contributed by atoms with Crippen LogP contribution >= 0.6 is 11.6 Å². The zero-order valence-electron chi connectivity index (χ0n) is 16.2. The lowest BCUT2D eigenvalue weighted by Crippen LogP contribution is -2.31. The zero-order chi connectivity index (χ0) is 20.9. The first-order valence-corrected chi connectivity index (χ1v) is 9.61. The van der Waals surface area contributed by atoms with Crippen LogP contribution in [0, 0.1) is 0 Å². The predicted octanol–water partition coefficient (Wildman–Crippen LogP) is 5.25. The van der Waals surface area contributed by atoms with E-state index in [0.29, 0.717) is 16.6 Å². The molecule has 2 aromatic heterocycles. The van der Waals surface area contributed by atoms with Crippen molar-refractivity contribution in [1.82, 2.24) is 10.1 Å². The van der Waals surface area contributed by atoms with Crippen molar-refractivity contribution < 1.29 is 14.1 Å². The van der Waals surface area contributed by atoms with Crippen LogP contribution < -0.4 is 9.64 Å². The van der Waals surface area contributed by atoms with Crippen LogP contribution in [0.2, 0.25) is 5.02 Å². The van der Waals surface area contributed by atoms with Gasteiger partial charge in [-0.05, 0) is 48.0 Å². The monoisotopic (exact) mass is 419 g/mol. The SMILES string of the molecule is COc1ccc(-c2cc(C(=O)N(Cc3ccccc3Cl)c3ccccn3)no2)cc1. The molecule has 1 amide bonds. The molecule has 0 aliphatic carbocycles. The Morgan fingerprint density at radius 1 is 1.07 bits per heavy atom. The number of pyridine rings is 1. The van der Waals surface area contributed by atoms with Gasteiger partial charge in [-0.25, -0.2) is 4.98 Å². The Morgan fingerprint density at radius 2 is 1.83 bits per heavy atom. The van der Waals surface area contributed by atoms with Gasteiger partial charge in [-0.1, -0.05) is 41.0 Å². The van der Waals surface area contributed by atoms with Gasteiger partial charge in [0.1, 0.15) is 11.6 Å². The smallest absolute Gasteiger partial charge is 0.281 e. The Balaban J connectivity index is 1.65. The van der Waals surface area contributed by atoms with E-state index in [0.717, 1.165) is 16.9 Å². The molecule has 150 valence electrons. The molecular formula is C23H18ClN3O3. The van der Waals surface area contributed by atoms with Crippen LogP contribution in [0.5, 0.6) is 5.75 Å². The van der Waals surface area contributed by atoms with Crippen LogP contribution in [0.3, 0.4) is 0 Å². The van der Waals surface area contributed by atoms with Crippen molar-refractivity contribution in [1.29, 1.82) is 0 Å². The molecule has 0 atom stereocenters. The van der Waals surface area contributed by atoms with E-state index >= 15 is 0 Å². The van der Waals surface area contributed by atoms with Crippen molar-refractivity contribution in [3.63, 3.8) is 0 Å². The number of carbonyl (C=O) groups excluding carboxylic acids is 1. The number of nitrogens with zero attached hydrogens (tertiary/aromatic N) is 3. The molecule has 0 fully saturated rings. The van der Waals surface area contributed by atoms with Gasteiger partial charge in [-0.3, -0.25) is 9.69 Å². The van der Waals surface area contributed by atoms with E-state index in [2.05, 4.69) is 10.1 Å². The maximum Gasteiger partial charge on any atom is 0.281 e. The number of benzene rings is 2. The quantitative estimate of drug-likeness (QED) is 0.427. The first-order chi connectivity index (χ1) is 14.7. The van der Waals surface area contributed by atoms with E-state index in [1.807, 2.05) is 48.5 Å². The molecule has 7 heteroatoms. The molecule has 0 aliphatic heterocycles. The third-order valence-corrected chi connectivity index (χ3v) is 4.93. The van der Waals surface area contributed by atoms with E-state index in [4.69, 9.17) is 20.9 Å². The van der Waals surface area contributed by atoms with E-state index < -0.39 is 0 Å². The molecule has 2 heterocycles. The second-order valence-electron chi connectivity index (χ2n) is 6.48. The number of ether oxygens (including phenoxy) is 1. The van der Waals surface area contributed by atoms with E-state index in [1.54, 1.807) is 37.6 Å². The zero-order valence-corrected chi connectivity index (χ0v) is 16.9. The van der Waals surface area contributed by atoms with Crippen molar-refractivity contribution in [2.75, 3.05) is 12.0 Å². The second kappa shape index (κ2) is 8.80. The standard InChI is InChI=1S/C23H18ClN3O3/c1-29-18-11-9-16(10-12-18)21-14-20(26-30-21)23(28)27(22-8-4-5-13-25-22)15-17-6-2-3-7-19(17)24/h2-14H,15H2,1H3. The maximum absolute atomic E-state index is 13.3. The average molecular weight is 420 g/mol. The first-order valence-electron chi connectivity index (χ1n) is 9.23. The molecule has 2 aromatic carbocycles. The Kier molecular flexibility index (Phi) is 5.77. The number of carbonyl (C=O) groups is 1. The van der Waals surface area contributed by atoms with E-state index in [-0.39, 0.29) is 18.1 Å². The third-order valence-electron chi connectivity index (χ3n) is 4.56. The molecule has 0 unspecified atom stereocenters. The molecule has 0 N–H and O–H groups in total. The fourth-order valence-electron chi connectivity index (χ4n) is 2.97. The number of anilines is 1. The summed E-state index contributed by atoms with van der Waals surface area (Å²) >= 11 is 6.31. The Morgan fingerprint density at radius 3 is 2.53 bits per heavy atom. The lowest BCUT2D eigenvalue weighted by atomic mass is 10.1. The first kappa shape index (κ1) is 19.7. The van der Waals surface area contributed by atoms with Crippen LogP contribution in [0.1, 0.15) is 16.1 Å². The highest BCUT2D eigenvalue weighted by molar-refractivity contribution is 6.31. The highest BCUT2D eigenvalue weighted by Crippen LogP contribution is 2.26. The summed E-state index contributed by atoms with van der Waals surface area (Å²) in [5.41, 5.74) is 1.77. The molecule has 30 heavy (non-hydrogen) atoms. The molecule has 0 bridgehead atoms. The number of hydrogen-bond acceptors (Lipinski definition) is 5. The van der Waals surface area contributed by atoms with Gasteiger partial charge in [-0.2, -0.15) is 0 Å². The van der Waals surface area contributed by atoms with Crippen LogP contribution in [0.25, 0.3) is 11.3 Å². The van der Waals surface area contributed by atoms with Gasteiger partial charge in [0.05, 0.1) is 13.7 Å². The van der Waals surface area contributed by atoms with Crippen molar-refractivity contribution in [3.8, 4) is 17.1 Å². The Bertz CT molecular complexity index is 1140. The van der Waals surface area contributed by atoms with Gasteiger partial charge >= 0.3 is 0 Å². The number of aromatic nitrogens is 2. The van der Waals surface area contributed by atoms with Gasteiger partial charge < -0.3 is 9.26 Å². The fourth-order valence-corrected chi connectivity index (χ4v) is 3.17. The van der Waals surface area contributed by atoms with Crippen LogP contribution in [-0.2, 0) is 6.54 Å². The average Bonchev–Trinajstić information content (AvgIpc) is 3.29. The molecule has 0 aliphatic rings. The van der Waals surface area contributed by atoms with Gasteiger partial charge in [0.2, 0.25) is 0 Å². The van der Waals surface area contributed by atoms with E-state index in [9.17, 15) is 4.79 Å². The minimum absolute atomic E-state index is 0.179. The molecule has 6 nitrogen and oxygen atoms in total. The second-order valence-corrected chi connectivity index (χ2v) is 6.88. The molecule has 0 radical (unpaired) electrons. The number of rotatable bonds is 6.